The summed E-state index contributed by atoms with van der Waals surface area (Å²) in [6.45, 7) is 12.0. The highest BCUT2D eigenvalue weighted by molar-refractivity contribution is 6.38. The fourth-order valence-corrected chi connectivity index (χ4v) is 9.15. The molecule has 0 radical (unpaired) electrons. The van der Waals surface area contributed by atoms with Crippen molar-refractivity contribution in [3.05, 3.63) is 11.6 Å². The summed E-state index contributed by atoms with van der Waals surface area (Å²) in [5.74, 6) is 0.139. The molecule has 3 saturated carbocycles. The van der Waals surface area contributed by atoms with E-state index in [9.17, 15) is 14.4 Å². The third-order valence-electron chi connectivity index (χ3n) is 10.8. The highest BCUT2D eigenvalue weighted by Crippen LogP contribution is 2.70. The Kier molecular flexibility index (Phi) is 7.50. The van der Waals surface area contributed by atoms with Crippen molar-refractivity contribution in [2.24, 2.45) is 44.8 Å². The molecular weight excluding hydrogens is 514 g/mol. The second-order valence-electron chi connectivity index (χ2n) is 12.5. The molecule has 0 spiro atoms. The van der Waals surface area contributed by atoms with Crippen LogP contribution in [0.3, 0.4) is 0 Å². The second-order valence-corrected chi connectivity index (χ2v) is 12.5. The van der Waals surface area contributed by atoms with Gasteiger partial charge in [-0.05, 0) is 82.5 Å². The molecular formula is C30H43N3O7. The van der Waals surface area contributed by atoms with E-state index in [4.69, 9.17) is 19.0 Å². The van der Waals surface area contributed by atoms with E-state index in [-0.39, 0.29) is 48.0 Å². The van der Waals surface area contributed by atoms with Crippen LogP contribution in [0, 0.1) is 34.5 Å². The van der Waals surface area contributed by atoms with Gasteiger partial charge in [-0.3, -0.25) is 4.79 Å². The molecule has 5 rings (SSSR count). The van der Waals surface area contributed by atoms with Crippen molar-refractivity contribution in [2.75, 3.05) is 13.2 Å². The number of carbonyl (C=O) groups is 3. The smallest absolute Gasteiger partial charge is 0.427 e. The number of hydrogen-bond donors (Lipinski definition) is 1. The van der Waals surface area contributed by atoms with Crippen molar-refractivity contribution in [1.82, 2.24) is 5.43 Å². The molecule has 8 atom stereocenters. The van der Waals surface area contributed by atoms with Crippen molar-refractivity contribution >= 4 is 29.5 Å². The summed E-state index contributed by atoms with van der Waals surface area (Å²) in [4.78, 5) is 43.1. The van der Waals surface area contributed by atoms with Crippen LogP contribution in [0.2, 0.25) is 0 Å². The Hall–Kier alpha value is -2.91. The molecule has 4 aliphatic carbocycles. The van der Waals surface area contributed by atoms with Gasteiger partial charge in [-0.1, -0.05) is 30.7 Å². The van der Waals surface area contributed by atoms with Crippen molar-refractivity contribution in [3.8, 4) is 0 Å². The molecule has 220 valence electrons. The van der Waals surface area contributed by atoms with Gasteiger partial charge in [0.15, 0.2) is 11.3 Å². The van der Waals surface area contributed by atoms with Gasteiger partial charge in [0.2, 0.25) is 0 Å². The summed E-state index contributed by atoms with van der Waals surface area (Å²) in [6.07, 6.45) is 7.95. The van der Waals surface area contributed by atoms with Gasteiger partial charge >= 0.3 is 18.0 Å². The van der Waals surface area contributed by atoms with Crippen molar-refractivity contribution < 1.29 is 33.4 Å². The maximum Gasteiger partial charge on any atom is 0.427 e. The van der Waals surface area contributed by atoms with Gasteiger partial charge in [0.05, 0.1) is 24.8 Å². The first-order valence-corrected chi connectivity index (χ1v) is 14.8. The van der Waals surface area contributed by atoms with Crippen LogP contribution in [0.15, 0.2) is 21.9 Å². The van der Waals surface area contributed by atoms with Crippen LogP contribution >= 0.6 is 0 Å². The third-order valence-corrected chi connectivity index (χ3v) is 10.8. The largest absolute Gasteiger partial charge is 0.462 e. The number of rotatable bonds is 6. The number of nitrogens with zero attached hydrogens (tertiary/aromatic N) is 2. The molecule has 1 N–H and O–H groups in total. The molecule has 1 aliphatic heterocycles. The van der Waals surface area contributed by atoms with Gasteiger partial charge in [0.1, 0.15) is 6.10 Å². The van der Waals surface area contributed by atoms with Gasteiger partial charge in [0, 0.05) is 18.8 Å². The topological polar surface area (TPSA) is 125 Å². The monoisotopic (exact) mass is 557 g/mol. The summed E-state index contributed by atoms with van der Waals surface area (Å²) < 4.78 is 16.0. The Labute approximate surface area is 236 Å². The van der Waals surface area contributed by atoms with Gasteiger partial charge in [-0.2, -0.15) is 5.10 Å². The summed E-state index contributed by atoms with van der Waals surface area (Å²) in [5.41, 5.74) is 3.53. The minimum atomic E-state index is -0.970. The normalized spacial score (nSPS) is 39.8. The van der Waals surface area contributed by atoms with E-state index in [0.717, 1.165) is 44.9 Å². The number of amides is 1. The van der Waals surface area contributed by atoms with E-state index in [1.54, 1.807) is 13.8 Å². The highest BCUT2D eigenvalue weighted by atomic mass is 16.7. The lowest BCUT2D eigenvalue weighted by Crippen LogP contribution is -2.59. The number of carbonyl (C=O) groups excluding carboxylic acids is 3. The van der Waals surface area contributed by atoms with Crippen LogP contribution in [-0.2, 0) is 28.6 Å². The fraction of sp³-hybridized carbons (Fsp3) is 0.767. The van der Waals surface area contributed by atoms with Gasteiger partial charge in [-0.25, -0.2) is 15.0 Å². The number of hydrazone groups is 1. The molecule has 10 heteroatoms. The van der Waals surface area contributed by atoms with E-state index in [0.29, 0.717) is 23.3 Å². The van der Waals surface area contributed by atoms with Crippen LogP contribution in [0.4, 0.5) is 4.79 Å². The average Bonchev–Trinajstić information content (AvgIpc) is 3.41. The molecule has 0 unspecified atom stereocenters. The summed E-state index contributed by atoms with van der Waals surface area (Å²) in [5, 5.41) is 8.75. The van der Waals surface area contributed by atoms with E-state index < -0.39 is 17.7 Å². The molecule has 1 heterocycles. The van der Waals surface area contributed by atoms with Gasteiger partial charge in [0.25, 0.3) is 0 Å². The number of oxime groups is 1. The molecule has 5 aliphatic rings. The second kappa shape index (κ2) is 10.5. The zero-order valence-electron chi connectivity index (χ0n) is 24.6. The first-order chi connectivity index (χ1) is 19.0. The molecule has 3 fully saturated rings. The van der Waals surface area contributed by atoms with Crippen LogP contribution < -0.4 is 5.43 Å². The molecule has 0 aromatic rings. The highest BCUT2D eigenvalue weighted by Gasteiger charge is 2.74. The molecule has 0 aromatic heterocycles. The first kappa shape index (κ1) is 28.6. The quantitative estimate of drug-likeness (QED) is 0.162. The molecule has 40 heavy (non-hydrogen) atoms. The van der Waals surface area contributed by atoms with Gasteiger partial charge in [-0.15, -0.1) is 0 Å². The zero-order chi connectivity index (χ0) is 28.9. The number of nitrogens with one attached hydrogen (secondary N) is 1. The lowest BCUT2D eigenvalue weighted by Gasteiger charge is -2.58. The zero-order valence-corrected chi connectivity index (χ0v) is 24.6. The van der Waals surface area contributed by atoms with Crippen LogP contribution in [0.1, 0.15) is 86.5 Å². The van der Waals surface area contributed by atoms with E-state index >= 15 is 0 Å². The van der Waals surface area contributed by atoms with Crippen LogP contribution in [-0.4, -0.2) is 54.4 Å². The number of hydrogen-bond acceptors (Lipinski definition) is 9. The SMILES string of the molecule is CCOC(=O)N/N=C(\C)[C@@]12ON=C(C(=O)OCC)[C@@H]1C[C@H]1[C@@H]3CC=C4C[C@@H](OC(C)=O)CC[C@]4(C)[C@H]3CC[C@@]12C. The molecule has 0 bridgehead atoms. The maximum atomic E-state index is 13.0. The number of fused-ring (bicyclic) bond motifs is 7. The number of allylic oxidation sites excluding steroid dienone is 1. The lowest BCUT2D eigenvalue weighted by molar-refractivity contribution is -0.149. The minimum absolute atomic E-state index is 0.0427. The molecule has 0 saturated heterocycles. The lowest BCUT2D eigenvalue weighted by atomic mass is 9.46. The predicted octanol–water partition coefficient (Wildman–Crippen LogP) is 4.92. The Morgan fingerprint density at radius 2 is 1.85 bits per heavy atom. The summed E-state index contributed by atoms with van der Waals surface area (Å²) >= 11 is 0. The Morgan fingerprint density at radius 1 is 1.10 bits per heavy atom. The molecule has 10 nitrogen and oxygen atoms in total. The van der Waals surface area contributed by atoms with Crippen LogP contribution in [0.25, 0.3) is 0 Å². The summed E-state index contributed by atoms with van der Waals surface area (Å²) in [7, 11) is 0. The Bertz CT molecular complexity index is 1160. The number of esters is 2. The average molecular weight is 558 g/mol. The number of ether oxygens (including phenoxy) is 3. The fourth-order valence-electron chi connectivity index (χ4n) is 9.15. The van der Waals surface area contributed by atoms with E-state index in [1.807, 2.05) is 6.92 Å². The van der Waals surface area contributed by atoms with Crippen molar-refractivity contribution in [2.45, 2.75) is 98.2 Å². The molecule has 1 amide bonds. The van der Waals surface area contributed by atoms with Crippen molar-refractivity contribution in [1.29, 1.82) is 0 Å². The third kappa shape index (κ3) is 4.24. The summed E-state index contributed by atoms with van der Waals surface area (Å²) in [6, 6.07) is 0. The standard InChI is InChI=1S/C30H43N3O7/c1-7-37-26(35)25-24-16-23-21-10-9-19-15-20(39-18(4)34)11-13-28(19,5)22(21)12-14-29(23,6)30(24,40-33-25)17(3)31-32-27(36)38-8-2/h9,20-24H,7-8,10-16H2,1-6H3,(H,32,36)/b31-17+/t20-,21+,22-,23-,24-,28-,29-,30+/m0/s1. The Balaban J connectivity index is 1.49. The van der Waals surface area contributed by atoms with Crippen LogP contribution in [0.5, 0.6) is 0 Å². The van der Waals surface area contributed by atoms with Gasteiger partial charge < -0.3 is 19.0 Å². The minimum Gasteiger partial charge on any atom is -0.462 e. The Morgan fingerprint density at radius 3 is 2.55 bits per heavy atom. The van der Waals surface area contributed by atoms with E-state index in [1.165, 1.54) is 12.5 Å². The maximum absolute atomic E-state index is 13.0. The predicted molar refractivity (Wildman–Crippen MR) is 147 cm³/mol. The molecule has 0 aromatic carbocycles. The van der Waals surface area contributed by atoms with E-state index in [2.05, 4.69) is 35.6 Å². The first-order valence-electron chi connectivity index (χ1n) is 14.8. The van der Waals surface area contributed by atoms with Crippen molar-refractivity contribution in [3.63, 3.8) is 0 Å².